The summed E-state index contributed by atoms with van der Waals surface area (Å²) in [7, 11) is 0. The highest BCUT2D eigenvalue weighted by atomic mass is 16.6. The lowest BCUT2D eigenvalue weighted by molar-refractivity contribution is -0.415. The van der Waals surface area contributed by atoms with Crippen molar-refractivity contribution in [2.45, 2.75) is 0 Å². The quantitative estimate of drug-likeness (QED) is 0.263. The molecule has 0 heterocycles. The third kappa shape index (κ3) is 2.05. The van der Waals surface area contributed by atoms with E-state index in [2.05, 4.69) is 5.73 Å². The average Bonchev–Trinajstić information content (AvgIpc) is 1.88. The van der Waals surface area contributed by atoms with Gasteiger partial charge in [0, 0.05) is 0 Å². The van der Waals surface area contributed by atoms with Crippen LogP contribution in [0, 0.1) is 15.5 Å². The van der Waals surface area contributed by atoms with Crippen LogP contribution in [0.2, 0.25) is 0 Å². The Hall–Kier alpha value is -1.92. The number of rotatable bonds is 3. The topological polar surface area (TPSA) is 136 Å². The molecule has 7 nitrogen and oxygen atoms in total. The number of hydrogen-bond acceptors (Lipinski definition) is 5. The van der Waals surface area contributed by atoms with Crippen LogP contribution in [-0.2, 0) is 4.79 Å². The van der Waals surface area contributed by atoms with E-state index in [4.69, 9.17) is 11.1 Å². The van der Waals surface area contributed by atoms with Gasteiger partial charge >= 0.3 is 5.70 Å². The Balaban J connectivity index is 4.69. The van der Waals surface area contributed by atoms with Crippen LogP contribution in [0.25, 0.3) is 0 Å². The van der Waals surface area contributed by atoms with Crippen LogP contribution in [0.5, 0.6) is 0 Å². The summed E-state index contributed by atoms with van der Waals surface area (Å²) in [6.45, 7) is 0. The van der Waals surface area contributed by atoms with Crippen LogP contribution in [0.4, 0.5) is 0 Å². The number of nitrogens with one attached hydrogen (secondary N) is 1. The van der Waals surface area contributed by atoms with E-state index in [0.29, 0.717) is 6.20 Å². The molecule has 60 valence electrons. The highest BCUT2D eigenvalue weighted by molar-refractivity contribution is 6.42. The van der Waals surface area contributed by atoms with Crippen molar-refractivity contribution < 1.29 is 9.72 Å². The Morgan fingerprint density at radius 1 is 1.64 bits per heavy atom. The molecule has 0 rings (SSSR count). The SMILES string of the molecule is N=C(C(N)=O)/C(=C\N)[N+](=O)[O-]. The Kier molecular flexibility index (Phi) is 2.72. The molecule has 7 heteroatoms. The monoisotopic (exact) mass is 158 g/mol. The molecule has 0 atom stereocenters. The Morgan fingerprint density at radius 3 is 2.18 bits per heavy atom. The fourth-order valence-electron chi connectivity index (χ4n) is 0.362. The van der Waals surface area contributed by atoms with Crippen LogP contribution in [0.1, 0.15) is 0 Å². The van der Waals surface area contributed by atoms with E-state index in [1.807, 2.05) is 0 Å². The number of nitrogens with zero attached hydrogens (tertiary/aromatic N) is 1. The van der Waals surface area contributed by atoms with E-state index >= 15 is 0 Å². The Labute approximate surface area is 61.3 Å². The van der Waals surface area contributed by atoms with Crippen molar-refractivity contribution in [3.05, 3.63) is 22.0 Å². The first-order chi connectivity index (χ1) is 5.00. The summed E-state index contributed by atoms with van der Waals surface area (Å²) in [5.74, 6) is -1.18. The molecule has 0 aliphatic rings. The fraction of sp³-hybridized carbons (Fsp3) is 0. The summed E-state index contributed by atoms with van der Waals surface area (Å²) in [4.78, 5) is 19.2. The molecule has 0 aromatic heterocycles. The molecular formula is C4H6N4O3. The molecule has 0 aromatic carbocycles. The zero-order chi connectivity index (χ0) is 9.02. The number of primary amides is 1. The summed E-state index contributed by atoms with van der Waals surface area (Å²) in [6, 6.07) is 0. The average molecular weight is 158 g/mol. The summed E-state index contributed by atoms with van der Waals surface area (Å²) in [6.07, 6.45) is 0.549. The molecule has 0 saturated carbocycles. The minimum Gasteiger partial charge on any atom is -0.399 e. The lowest BCUT2D eigenvalue weighted by Gasteiger charge is -1.93. The first-order valence-electron chi connectivity index (χ1n) is 2.45. The number of nitrogens with two attached hydrogens (primary N) is 2. The van der Waals surface area contributed by atoms with E-state index in [1.54, 1.807) is 0 Å². The van der Waals surface area contributed by atoms with Gasteiger partial charge in [-0.25, -0.2) is 0 Å². The fourth-order valence-corrected chi connectivity index (χ4v) is 0.362. The van der Waals surface area contributed by atoms with E-state index in [1.165, 1.54) is 0 Å². The van der Waals surface area contributed by atoms with Gasteiger partial charge in [0.15, 0.2) is 5.71 Å². The van der Waals surface area contributed by atoms with Gasteiger partial charge in [-0.15, -0.1) is 0 Å². The van der Waals surface area contributed by atoms with Crippen molar-refractivity contribution in [2.75, 3.05) is 0 Å². The predicted octanol–water partition coefficient (Wildman–Crippen LogP) is -1.43. The Bertz CT molecular complexity index is 244. The second-order valence-corrected chi connectivity index (χ2v) is 1.55. The molecule has 0 saturated heterocycles. The second kappa shape index (κ2) is 3.30. The molecule has 0 spiro atoms. The van der Waals surface area contributed by atoms with Crippen LogP contribution in [-0.4, -0.2) is 16.5 Å². The van der Waals surface area contributed by atoms with E-state index in [-0.39, 0.29) is 0 Å². The van der Waals surface area contributed by atoms with Crippen LogP contribution < -0.4 is 11.5 Å². The molecule has 0 aliphatic carbocycles. The van der Waals surface area contributed by atoms with Crippen LogP contribution >= 0.6 is 0 Å². The molecule has 0 unspecified atom stereocenters. The van der Waals surface area contributed by atoms with Gasteiger partial charge in [-0.05, 0) is 0 Å². The van der Waals surface area contributed by atoms with Crippen molar-refractivity contribution in [3.8, 4) is 0 Å². The molecule has 0 aliphatic heterocycles. The van der Waals surface area contributed by atoms with Crippen molar-refractivity contribution in [1.82, 2.24) is 0 Å². The zero-order valence-electron chi connectivity index (χ0n) is 5.40. The van der Waals surface area contributed by atoms with Crippen molar-refractivity contribution in [3.63, 3.8) is 0 Å². The molecule has 1 amide bonds. The third-order valence-electron chi connectivity index (χ3n) is 0.857. The van der Waals surface area contributed by atoms with Gasteiger partial charge in [0.1, 0.15) is 0 Å². The number of carbonyl (C=O) groups is 1. The molecule has 0 fully saturated rings. The third-order valence-corrected chi connectivity index (χ3v) is 0.857. The molecule has 0 aromatic rings. The van der Waals surface area contributed by atoms with Crippen molar-refractivity contribution in [2.24, 2.45) is 11.5 Å². The maximum absolute atomic E-state index is 10.2. The highest BCUT2D eigenvalue weighted by Crippen LogP contribution is 1.94. The normalized spacial score (nSPS) is 10.7. The van der Waals surface area contributed by atoms with Crippen LogP contribution in [0.3, 0.4) is 0 Å². The minimum absolute atomic E-state index is 0.549. The lowest BCUT2D eigenvalue weighted by atomic mass is 10.3. The summed E-state index contributed by atoms with van der Waals surface area (Å²) in [5, 5.41) is 16.8. The summed E-state index contributed by atoms with van der Waals surface area (Å²) < 4.78 is 0. The van der Waals surface area contributed by atoms with Crippen LogP contribution in [0.15, 0.2) is 11.9 Å². The maximum Gasteiger partial charge on any atom is 0.315 e. The highest BCUT2D eigenvalue weighted by Gasteiger charge is 2.21. The van der Waals surface area contributed by atoms with E-state index in [0.717, 1.165) is 0 Å². The van der Waals surface area contributed by atoms with Gasteiger partial charge in [-0.2, -0.15) is 0 Å². The number of carbonyl (C=O) groups excluding carboxylic acids is 1. The molecule has 5 N–H and O–H groups in total. The van der Waals surface area contributed by atoms with E-state index < -0.39 is 22.2 Å². The van der Waals surface area contributed by atoms with Gasteiger partial charge in [-0.1, -0.05) is 0 Å². The predicted molar refractivity (Wildman–Crippen MR) is 36.2 cm³/mol. The number of nitro groups is 1. The smallest absolute Gasteiger partial charge is 0.315 e. The molecular weight excluding hydrogens is 152 g/mol. The van der Waals surface area contributed by atoms with Gasteiger partial charge in [0.05, 0.1) is 11.1 Å². The second-order valence-electron chi connectivity index (χ2n) is 1.55. The van der Waals surface area contributed by atoms with E-state index in [9.17, 15) is 14.9 Å². The Morgan fingerprint density at radius 2 is 2.09 bits per heavy atom. The zero-order valence-corrected chi connectivity index (χ0v) is 5.40. The van der Waals surface area contributed by atoms with Gasteiger partial charge in [0.2, 0.25) is 0 Å². The molecule has 0 bridgehead atoms. The number of amides is 1. The first-order valence-corrected chi connectivity index (χ1v) is 2.45. The van der Waals surface area contributed by atoms with Gasteiger partial charge in [-0.3, -0.25) is 20.3 Å². The number of hydrogen-bond donors (Lipinski definition) is 3. The van der Waals surface area contributed by atoms with Crippen molar-refractivity contribution >= 4 is 11.6 Å². The summed E-state index contributed by atoms with van der Waals surface area (Å²) in [5.41, 5.74) is 7.65. The molecule has 11 heavy (non-hydrogen) atoms. The lowest BCUT2D eigenvalue weighted by Crippen LogP contribution is -2.27. The standard InChI is InChI=1S/C4H6N4O3/c5-1-2(8(10)11)3(6)4(7)9/h1,6H,5H2,(H2,7,9)/b2-1+,6-3?. The largest absolute Gasteiger partial charge is 0.399 e. The first kappa shape index (κ1) is 9.08. The van der Waals surface area contributed by atoms with Gasteiger partial charge < -0.3 is 11.5 Å². The molecule has 0 radical (unpaired) electrons. The maximum atomic E-state index is 10.2. The van der Waals surface area contributed by atoms with Gasteiger partial charge in [0.25, 0.3) is 5.91 Å². The minimum atomic E-state index is -1.18. The summed E-state index contributed by atoms with van der Waals surface area (Å²) >= 11 is 0. The van der Waals surface area contributed by atoms with Crippen molar-refractivity contribution in [1.29, 1.82) is 5.41 Å².